The van der Waals surface area contributed by atoms with Crippen molar-refractivity contribution in [3.63, 3.8) is 0 Å². The minimum Gasteiger partial charge on any atom is -0.480 e. The van der Waals surface area contributed by atoms with E-state index in [-0.39, 0.29) is 11.9 Å². The van der Waals surface area contributed by atoms with Gasteiger partial charge < -0.3 is 9.64 Å². The summed E-state index contributed by atoms with van der Waals surface area (Å²) in [7, 11) is 1.54. The van der Waals surface area contributed by atoms with E-state index in [1.165, 1.54) is 4.88 Å². The predicted molar refractivity (Wildman–Crippen MR) is 78.1 cm³/mol. The summed E-state index contributed by atoms with van der Waals surface area (Å²) < 4.78 is 5.20. The number of hydrogen-bond donors (Lipinski definition) is 0. The third-order valence-corrected chi connectivity index (χ3v) is 4.55. The highest BCUT2D eigenvalue weighted by Crippen LogP contribution is 2.36. The first-order chi connectivity index (χ1) is 9.81. The largest absolute Gasteiger partial charge is 0.480 e. The highest BCUT2D eigenvalue weighted by Gasteiger charge is 2.32. The Bertz CT molecular complexity index is 598. The van der Waals surface area contributed by atoms with Crippen LogP contribution in [-0.4, -0.2) is 29.4 Å². The van der Waals surface area contributed by atoms with E-state index >= 15 is 0 Å². The summed E-state index contributed by atoms with van der Waals surface area (Å²) in [6.45, 7) is 0.791. The summed E-state index contributed by atoms with van der Waals surface area (Å²) in [6, 6.07) is 7.86. The molecular formula is C15H16N2O2S. The van der Waals surface area contributed by atoms with Crippen LogP contribution in [0.15, 0.2) is 35.8 Å². The first-order valence-corrected chi connectivity index (χ1v) is 7.52. The molecule has 1 amide bonds. The summed E-state index contributed by atoms with van der Waals surface area (Å²) in [5.74, 6) is 0.403. The molecule has 4 nitrogen and oxygen atoms in total. The first-order valence-electron chi connectivity index (χ1n) is 6.64. The Kier molecular flexibility index (Phi) is 3.69. The molecule has 0 radical (unpaired) electrons. The van der Waals surface area contributed by atoms with Gasteiger partial charge in [-0.2, -0.15) is 0 Å². The maximum Gasteiger partial charge on any atom is 0.259 e. The molecule has 0 bridgehead atoms. The van der Waals surface area contributed by atoms with Crippen LogP contribution in [0.5, 0.6) is 5.88 Å². The van der Waals surface area contributed by atoms with Gasteiger partial charge in [0, 0.05) is 17.6 Å². The predicted octanol–water partition coefficient (Wildman–Crippen LogP) is 3.13. The summed E-state index contributed by atoms with van der Waals surface area (Å²) in [5, 5.41) is 2.06. The van der Waals surface area contributed by atoms with Crippen molar-refractivity contribution in [2.75, 3.05) is 13.7 Å². The average molecular weight is 288 g/mol. The second kappa shape index (κ2) is 5.63. The number of nitrogens with zero attached hydrogens (tertiary/aromatic N) is 2. The van der Waals surface area contributed by atoms with Crippen molar-refractivity contribution in [1.29, 1.82) is 0 Å². The molecule has 0 aliphatic carbocycles. The highest BCUT2D eigenvalue weighted by atomic mass is 32.1. The molecule has 1 aliphatic rings. The van der Waals surface area contributed by atoms with Crippen molar-refractivity contribution in [2.45, 2.75) is 18.9 Å². The molecular weight excluding hydrogens is 272 g/mol. The fourth-order valence-corrected chi connectivity index (χ4v) is 3.53. The molecule has 1 saturated heterocycles. The number of rotatable bonds is 3. The Morgan fingerprint density at radius 2 is 2.35 bits per heavy atom. The lowest BCUT2D eigenvalue weighted by Gasteiger charge is -2.24. The first kappa shape index (κ1) is 13.1. The highest BCUT2D eigenvalue weighted by molar-refractivity contribution is 7.10. The van der Waals surface area contributed by atoms with Crippen molar-refractivity contribution in [3.8, 4) is 5.88 Å². The summed E-state index contributed by atoms with van der Waals surface area (Å²) in [6.07, 6.45) is 3.70. The molecule has 0 spiro atoms. The average Bonchev–Trinajstić information content (AvgIpc) is 3.16. The van der Waals surface area contributed by atoms with Crippen molar-refractivity contribution in [2.24, 2.45) is 0 Å². The summed E-state index contributed by atoms with van der Waals surface area (Å²) in [5.41, 5.74) is 0.540. The van der Waals surface area contributed by atoms with Crippen LogP contribution in [0.3, 0.4) is 0 Å². The molecule has 0 saturated carbocycles. The second-order valence-corrected chi connectivity index (χ2v) is 5.71. The van der Waals surface area contributed by atoms with Crippen molar-refractivity contribution < 1.29 is 9.53 Å². The number of hydrogen-bond acceptors (Lipinski definition) is 4. The van der Waals surface area contributed by atoms with Crippen molar-refractivity contribution >= 4 is 17.2 Å². The van der Waals surface area contributed by atoms with E-state index in [0.29, 0.717) is 11.4 Å². The van der Waals surface area contributed by atoms with Crippen LogP contribution in [0.4, 0.5) is 0 Å². The number of pyridine rings is 1. The molecule has 1 fully saturated rings. The number of aromatic nitrogens is 1. The molecule has 0 aromatic carbocycles. The number of amides is 1. The number of carbonyl (C=O) groups excluding carboxylic acids is 1. The smallest absolute Gasteiger partial charge is 0.259 e. The minimum absolute atomic E-state index is 0.00542. The van der Waals surface area contributed by atoms with E-state index in [0.717, 1.165) is 19.4 Å². The molecule has 2 aromatic rings. The molecule has 20 heavy (non-hydrogen) atoms. The molecule has 3 rings (SSSR count). The van der Waals surface area contributed by atoms with E-state index in [1.807, 2.05) is 11.0 Å². The van der Waals surface area contributed by atoms with E-state index in [9.17, 15) is 4.79 Å². The lowest BCUT2D eigenvalue weighted by molar-refractivity contribution is 0.0733. The molecule has 2 aromatic heterocycles. The monoisotopic (exact) mass is 288 g/mol. The van der Waals surface area contributed by atoms with Crippen LogP contribution in [0.25, 0.3) is 0 Å². The Hall–Kier alpha value is -1.88. The van der Waals surface area contributed by atoms with Crippen molar-refractivity contribution in [1.82, 2.24) is 9.88 Å². The molecule has 104 valence electrons. The third kappa shape index (κ3) is 2.29. The molecule has 3 heterocycles. The maximum atomic E-state index is 12.7. The number of ether oxygens (including phenoxy) is 1. The lowest BCUT2D eigenvalue weighted by Crippen LogP contribution is -2.30. The fraction of sp³-hybridized carbons (Fsp3) is 0.333. The van der Waals surface area contributed by atoms with E-state index < -0.39 is 0 Å². The van der Waals surface area contributed by atoms with Crippen LogP contribution in [0, 0.1) is 0 Å². The van der Waals surface area contributed by atoms with Gasteiger partial charge in [-0.3, -0.25) is 4.79 Å². The third-order valence-electron chi connectivity index (χ3n) is 3.58. The van der Waals surface area contributed by atoms with Gasteiger partial charge in [0.25, 0.3) is 5.91 Å². The molecule has 1 atom stereocenters. The van der Waals surface area contributed by atoms with Gasteiger partial charge in [0.2, 0.25) is 5.88 Å². The van der Waals surface area contributed by atoms with Gasteiger partial charge in [-0.05, 0) is 36.4 Å². The summed E-state index contributed by atoms with van der Waals surface area (Å²) in [4.78, 5) is 20.0. The van der Waals surface area contributed by atoms with E-state index in [1.54, 1.807) is 36.8 Å². The number of methoxy groups -OCH3 is 1. The van der Waals surface area contributed by atoms with Crippen molar-refractivity contribution in [3.05, 3.63) is 46.3 Å². The molecule has 5 heteroatoms. The fourth-order valence-electron chi connectivity index (χ4n) is 2.66. The van der Waals surface area contributed by atoms with Gasteiger partial charge in [0.15, 0.2) is 0 Å². The van der Waals surface area contributed by atoms with Gasteiger partial charge in [-0.15, -0.1) is 11.3 Å². The van der Waals surface area contributed by atoms with Gasteiger partial charge in [-0.25, -0.2) is 4.98 Å². The van der Waals surface area contributed by atoms with Crippen LogP contribution in [-0.2, 0) is 0 Å². The number of carbonyl (C=O) groups is 1. The zero-order valence-electron chi connectivity index (χ0n) is 11.3. The molecule has 0 N–H and O–H groups in total. The van der Waals surface area contributed by atoms with Gasteiger partial charge in [-0.1, -0.05) is 6.07 Å². The lowest BCUT2D eigenvalue weighted by atomic mass is 10.1. The van der Waals surface area contributed by atoms with Crippen LogP contribution >= 0.6 is 11.3 Å². The molecule has 1 aliphatic heterocycles. The van der Waals surface area contributed by atoms with E-state index in [2.05, 4.69) is 16.4 Å². The van der Waals surface area contributed by atoms with Gasteiger partial charge in [0.05, 0.1) is 13.2 Å². The summed E-state index contributed by atoms with van der Waals surface area (Å²) >= 11 is 1.71. The number of thiophene rings is 1. The van der Waals surface area contributed by atoms with Crippen LogP contribution < -0.4 is 4.74 Å². The Balaban J connectivity index is 1.90. The number of likely N-dealkylation sites (tertiary alicyclic amines) is 1. The van der Waals surface area contributed by atoms with Gasteiger partial charge in [0.1, 0.15) is 5.56 Å². The Morgan fingerprint density at radius 3 is 3.10 bits per heavy atom. The Labute approximate surface area is 122 Å². The topological polar surface area (TPSA) is 42.4 Å². The van der Waals surface area contributed by atoms with Crippen LogP contribution in [0.2, 0.25) is 0 Å². The zero-order valence-corrected chi connectivity index (χ0v) is 12.1. The quantitative estimate of drug-likeness (QED) is 0.871. The second-order valence-electron chi connectivity index (χ2n) is 4.73. The van der Waals surface area contributed by atoms with Crippen LogP contribution in [0.1, 0.15) is 34.1 Å². The van der Waals surface area contributed by atoms with E-state index in [4.69, 9.17) is 4.74 Å². The normalized spacial score (nSPS) is 18.2. The standard InChI is InChI=1S/C15H16N2O2S/c1-19-14-11(5-2-8-16-14)15(18)17-9-3-6-12(17)13-7-4-10-20-13/h2,4-5,7-8,10,12H,3,6,9H2,1H3. The van der Waals surface area contributed by atoms with Gasteiger partial charge >= 0.3 is 0 Å². The minimum atomic E-state index is 0.00542. The maximum absolute atomic E-state index is 12.7. The SMILES string of the molecule is COc1ncccc1C(=O)N1CCCC1c1cccs1. The molecule has 1 unspecified atom stereocenters. The zero-order chi connectivity index (χ0) is 13.9. The Morgan fingerprint density at radius 1 is 1.45 bits per heavy atom.